The minimum atomic E-state index is -0.528. The first-order valence-corrected chi connectivity index (χ1v) is 23.2. The third kappa shape index (κ3) is 5.13. The summed E-state index contributed by atoms with van der Waals surface area (Å²) in [5.74, 6) is 0. The second-order valence-electron chi connectivity index (χ2n) is 17.3. The third-order valence-electron chi connectivity index (χ3n) is 14.1. The van der Waals surface area contributed by atoms with Gasteiger partial charge in [0, 0.05) is 27.6 Å². The highest BCUT2D eigenvalue weighted by atomic mass is 32.1. The Balaban J connectivity index is 1.01. The fraction of sp³-hybridized carbons (Fsp3) is 0.0161. The van der Waals surface area contributed by atoms with Gasteiger partial charge in [-0.15, -0.1) is 11.3 Å². The predicted octanol–water partition coefficient (Wildman–Crippen LogP) is 16.4. The number of fused-ring (bicyclic) bond motifs is 12. The molecule has 0 atom stereocenters. The molecule has 2 heterocycles. The van der Waals surface area contributed by atoms with Crippen molar-refractivity contribution in [1.29, 1.82) is 0 Å². The maximum atomic E-state index is 5.30. The molecule has 10 aromatic carbocycles. The monoisotopic (exact) mass is 842 g/mol. The van der Waals surface area contributed by atoms with Gasteiger partial charge in [0.2, 0.25) is 0 Å². The molecule has 0 aliphatic heterocycles. The van der Waals surface area contributed by atoms with Crippen molar-refractivity contribution in [3.63, 3.8) is 0 Å². The summed E-state index contributed by atoms with van der Waals surface area (Å²) in [4.78, 5) is 6.48. The van der Waals surface area contributed by atoms with Crippen molar-refractivity contribution in [1.82, 2.24) is 9.55 Å². The number of hydrogen-bond acceptors (Lipinski definition) is 2. The number of nitrogens with zero attached hydrogens (tertiary/aromatic N) is 2. The lowest BCUT2D eigenvalue weighted by Gasteiger charge is -2.40. The lowest BCUT2D eigenvalue weighted by Crippen LogP contribution is -2.31. The smallest absolute Gasteiger partial charge is 0.124 e. The van der Waals surface area contributed by atoms with Gasteiger partial charge in [-0.25, -0.2) is 4.98 Å². The minimum Gasteiger partial charge on any atom is -0.309 e. The molecule has 1 spiro atoms. The Labute approximate surface area is 381 Å². The predicted molar refractivity (Wildman–Crippen MR) is 272 cm³/mol. The van der Waals surface area contributed by atoms with E-state index in [0.717, 1.165) is 27.5 Å². The van der Waals surface area contributed by atoms with Gasteiger partial charge in [-0.2, -0.15) is 0 Å². The van der Waals surface area contributed by atoms with Crippen molar-refractivity contribution in [2.24, 2.45) is 0 Å². The average Bonchev–Trinajstić information content (AvgIpc) is 4.06. The summed E-state index contributed by atoms with van der Waals surface area (Å²) in [5, 5.41) is 6.12. The normalized spacial score (nSPS) is 13.0. The first kappa shape index (κ1) is 36.4. The quantitative estimate of drug-likeness (QED) is 0.169. The van der Waals surface area contributed by atoms with Gasteiger partial charge in [-0.1, -0.05) is 200 Å². The van der Waals surface area contributed by atoms with E-state index in [1.807, 2.05) is 0 Å². The van der Waals surface area contributed by atoms with Gasteiger partial charge in [-0.05, 0) is 102 Å². The van der Waals surface area contributed by atoms with Crippen LogP contribution in [0.1, 0.15) is 22.3 Å². The number of hydrogen-bond donors (Lipinski definition) is 0. The van der Waals surface area contributed by atoms with Gasteiger partial charge >= 0.3 is 0 Å². The summed E-state index contributed by atoms with van der Waals surface area (Å²) in [6.45, 7) is 0. The molecule has 2 aliphatic rings. The van der Waals surface area contributed by atoms with Crippen LogP contribution in [0.3, 0.4) is 0 Å². The molecule has 0 saturated heterocycles. The average molecular weight is 843 g/mol. The second-order valence-corrected chi connectivity index (χ2v) is 18.3. The molecule has 65 heavy (non-hydrogen) atoms. The maximum Gasteiger partial charge on any atom is 0.124 e. The highest BCUT2D eigenvalue weighted by Gasteiger charge is 2.50. The van der Waals surface area contributed by atoms with E-state index >= 15 is 0 Å². The van der Waals surface area contributed by atoms with Crippen LogP contribution in [-0.4, -0.2) is 9.55 Å². The molecule has 2 nitrogen and oxygen atoms in total. The molecule has 0 saturated carbocycles. The number of para-hydroxylation sites is 2. The Bertz CT molecular complexity index is 3760. The van der Waals surface area contributed by atoms with Gasteiger partial charge < -0.3 is 4.57 Å². The van der Waals surface area contributed by atoms with E-state index in [1.54, 1.807) is 11.3 Å². The molecule has 14 rings (SSSR count). The molecule has 2 aromatic heterocycles. The fourth-order valence-electron chi connectivity index (χ4n) is 11.4. The van der Waals surface area contributed by atoms with Crippen LogP contribution in [0.4, 0.5) is 0 Å². The molecule has 3 heteroatoms. The van der Waals surface area contributed by atoms with E-state index in [9.17, 15) is 0 Å². The van der Waals surface area contributed by atoms with E-state index < -0.39 is 5.41 Å². The Hall–Kier alpha value is -8.11. The zero-order valence-corrected chi connectivity index (χ0v) is 36.1. The summed E-state index contributed by atoms with van der Waals surface area (Å²) < 4.78 is 2.45. The van der Waals surface area contributed by atoms with Crippen molar-refractivity contribution in [3.8, 4) is 71.3 Å². The van der Waals surface area contributed by atoms with E-state index in [0.29, 0.717) is 0 Å². The minimum absolute atomic E-state index is 0.528. The number of benzene rings is 10. The molecule has 0 amide bonds. The number of rotatable bonds is 5. The zero-order chi connectivity index (χ0) is 42.6. The van der Waals surface area contributed by atoms with Gasteiger partial charge in [0.05, 0.1) is 27.0 Å². The van der Waals surface area contributed by atoms with Crippen LogP contribution in [0, 0.1) is 0 Å². The Morgan fingerprint density at radius 3 is 1.68 bits per heavy atom. The van der Waals surface area contributed by atoms with Crippen molar-refractivity contribution in [2.75, 3.05) is 0 Å². The molecule has 0 bridgehead atoms. The molecular formula is C62H38N2S. The zero-order valence-electron chi connectivity index (χ0n) is 35.2. The molecule has 2 aliphatic carbocycles. The third-order valence-corrected chi connectivity index (χ3v) is 15.2. The van der Waals surface area contributed by atoms with Gasteiger partial charge in [0.15, 0.2) is 0 Å². The van der Waals surface area contributed by atoms with Crippen LogP contribution in [0.15, 0.2) is 231 Å². The Morgan fingerprint density at radius 2 is 0.938 bits per heavy atom. The van der Waals surface area contributed by atoms with Crippen LogP contribution in [0.25, 0.3) is 104 Å². The molecule has 0 fully saturated rings. The standard InChI is InChI=1S/C62H38N2S/c1-4-17-40(18-5-1)59-60(41-19-6-2-7-20-41)65-61(63-59)42-33-31-39(32-34-42)44-35-36-49-50-38-57-51(47-25-12-15-30-56(47)64(57)43-21-8-3-9-22-43)37-55(50)62(54-29-16-26-48(44)58(49)54)52-27-13-10-23-45(52)46-24-11-14-28-53(46)62/h1-38H. The van der Waals surface area contributed by atoms with Crippen molar-refractivity contribution >= 4 is 43.9 Å². The summed E-state index contributed by atoms with van der Waals surface area (Å²) in [6, 6.07) is 85.1. The first-order chi connectivity index (χ1) is 32.3. The molecular weight excluding hydrogens is 805 g/mol. The summed E-state index contributed by atoms with van der Waals surface area (Å²) in [5.41, 5.74) is 20.5. The Morgan fingerprint density at radius 1 is 0.354 bits per heavy atom. The van der Waals surface area contributed by atoms with Crippen LogP contribution in [0.5, 0.6) is 0 Å². The van der Waals surface area contributed by atoms with Crippen LogP contribution >= 0.6 is 11.3 Å². The topological polar surface area (TPSA) is 17.8 Å². The van der Waals surface area contributed by atoms with Gasteiger partial charge in [0.1, 0.15) is 5.01 Å². The van der Waals surface area contributed by atoms with Crippen LogP contribution < -0.4 is 0 Å². The highest BCUT2D eigenvalue weighted by molar-refractivity contribution is 7.19. The van der Waals surface area contributed by atoms with Gasteiger partial charge in [0.25, 0.3) is 0 Å². The Kier molecular flexibility index (Phi) is 7.80. The van der Waals surface area contributed by atoms with Crippen molar-refractivity contribution < 1.29 is 0 Å². The van der Waals surface area contributed by atoms with Crippen LogP contribution in [-0.2, 0) is 5.41 Å². The largest absolute Gasteiger partial charge is 0.309 e. The summed E-state index contributed by atoms with van der Waals surface area (Å²) in [6.07, 6.45) is 0. The SMILES string of the molecule is c1ccc(-c2nc(-c3ccc(-c4ccc5c6c(cccc46)C4(c6ccccc6-c6ccccc64)c4cc6c7ccccc7n(-c7ccccc7)c6cc4-5)cc3)sc2-c2ccccc2)cc1. The lowest BCUT2D eigenvalue weighted by atomic mass is 9.61. The van der Waals surface area contributed by atoms with E-state index in [-0.39, 0.29) is 0 Å². The molecule has 0 radical (unpaired) electrons. The highest BCUT2D eigenvalue weighted by Crippen LogP contribution is 2.63. The molecule has 12 aromatic rings. The van der Waals surface area contributed by atoms with E-state index in [2.05, 4.69) is 235 Å². The summed E-state index contributed by atoms with van der Waals surface area (Å²) in [7, 11) is 0. The molecule has 0 N–H and O–H groups in total. The van der Waals surface area contributed by atoms with Gasteiger partial charge in [-0.3, -0.25) is 0 Å². The van der Waals surface area contributed by atoms with Crippen molar-refractivity contribution in [3.05, 3.63) is 253 Å². The maximum absolute atomic E-state index is 5.30. The molecule has 302 valence electrons. The summed E-state index contributed by atoms with van der Waals surface area (Å²) >= 11 is 1.76. The van der Waals surface area contributed by atoms with E-state index in [4.69, 9.17) is 4.98 Å². The van der Waals surface area contributed by atoms with Crippen molar-refractivity contribution in [2.45, 2.75) is 5.41 Å². The number of aromatic nitrogens is 2. The second kappa shape index (κ2) is 13.9. The molecule has 0 unspecified atom stereocenters. The van der Waals surface area contributed by atoms with Crippen LogP contribution in [0.2, 0.25) is 0 Å². The number of thiazole rings is 1. The first-order valence-electron chi connectivity index (χ1n) is 22.4. The fourth-order valence-corrected chi connectivity index (χ4v) is 12.5. The van der Waals surface area contributed by atoms with E-state index in [1.165, 1.54) is 98.7 Å². The lowest BCUT2D eigenvalue weighted by molar-refractivity contribution is 0.775.